The number of nitrogens with zero attached hydrogens (tertiary/aromatic N) is 3. The molecule has 1 heterocycles. The average Bonchev–Trinajstić information content (AvgIpc) is 2.96. The summed E-state index contributed by atoms with van der Waals surface area (Å²) in [4.78, 5) is 7.57. The van der Waals surface area contributed by atoms with Crippen LogP contribution in [0, 0.1) is 11.3 Å². The Morgan fingerprint density at radius 3 is 2.80 bits per heavy atom. The van der Waals surface area contributed by atoms with Crippen molar-refractivity contribution in [2.75, 3.05) is 20.6 Å². The molecule has 1 fully saturated rings. The number of thiazole rings is 1. The van der Waals surface area contributed by atoms with Gasteiger partial charge in [0.15, 0.2) is 0 Å². The molecule has 0 bridgehead atoms. The van der Waals surface area contributed by atoms with Crippen molar-refractivity contribution in [1.82, 2.24) is 9.88 Å². The summed E-state index contributed by atoms with van der Waals surface area (Å²) in [6, 6.07) is 2.27. The smallest absolute Gasteiger partial charge is 0.128 e. The minimum atomic E-state index is 0.587. The van der Waals surface area contributed by atoms with Crippen LogP contribution in [0.25, 0.3) is 0 Å². The van der Waals surface area contributed by atoms with E-state index >= 15 is 0 Å². The quantitative estimate of drug-likeness (QED) is 0.780. The molecule has 0 atom stereocenters. The first-order valence-corrected chi connectivity index (χ1v) is 6.06. The van der Waals surface area contributed by atoms with E-state index in [1.807, 2.05) is 0 Å². The third-order valence-corrected chi connectivity index (χ3v) is 3.57. The number of hydrogen-bond donors (Lipinski definition) is 0. The molecule has 0 unspecified atom stereocenters. The molecular formula is C11H15N3S. The molecule has 1 saturated carbocycles. The molecule has 4 heteroatoms. The normalized spacial score (nSPS) is 15.6. The Hall–Kier alpha value is -0.920. The number of nitriles is 1. The van der Waals surface area contributed by atoms with Crippen LogP contribution in [0.5, 0.6) is 0 Å². The molecule has 0 aromatic carbocycles. The van der Waals surface area contributed by atoms with Crippen LogP contribution in [0.4, 0.5) is 0 Å². The fraction of sp³-hybridized carbons (Fsp3) is 0.636. The molecule has 0 amide bonds. The molecular weight excluding hydrogens is 206 g/mol. The highest BCUT2D eigenvalue weighted by atomic mass is 32.1. The highest BCUT2D eigenvalue weighted by molar-refractivity contribution is 7.12. The van der Waals surface area contributed by atoms with E-state index in [0.29, 0.717) is 5.92 Å². The zero-order chi connectivity index (χ0) is 10.8. The van der Waals surface area contributed by atoms with Crippen LogP contribution >= 0.6 is 11.3 Å². The third kappa shape index (κ3) is 2.55. The van der Waals surface area contributed by atoms with Crippen molar-refractivity contribution in [2.24, 2.45) is 0 Å². The number of hydrogen-bond acceptors (Lipinski definition) is 4. The van der Waals surface area contributed by atoms with Crippen LogP contribution in [0.15, 0.2) is 0 Å². The summed E-state index contributed by atoms with van der Waals surface area (Å²) in [7, 11) is 4.11. The summed E-state index contributed by atoms with van der Waals surface area (Å²) >= 11 is 1.57. The zero-order valence-electron chi connectivity index (χ0n) is 9.16. The zero-order valence-corrected chi connectivity index (χ0v) is 9.97. The van der Waals surface area contributed by atoms with E-state index in [-0.39, 0.29) is 0 Å². The second-order valence-corrected chi connectivity index (χ2v) is 5.34. The number of likely N-dealkylation sites (N-methyl/N-ethyl adjacent to an activating group) is 1. The lowest BCUT2D eigenvalue weighted by Gasteiger charge is -2.06. The van der Waals surface area contributed by atoms with E-state index < -0.39 is 0 Å². The molecule has 3 nitrogen and oxygen atoms in total. The van der Waals surface area contributed by atoms with Gasteiger partial charge in [0.1, 0.15) is 10.9 Å². The van der Waals surface area contributed by atoms with Gasteiger partial charge in [-0.1, -0.05) is 0 Å². The Morgan fingerprint density at radius 1 is 1.53 bits per heavy atom. The van der Waals surface area contributed by atoms with E-state index in [4.69, 9.17) is 5.26 Å². The van der Waals surface area contributed by atoms with Gasteiger partial charge in [0.25, 0.3) is 0 Å². The predicted molar refractivity (Wildman–Crippen MR) is 61.1 cm³/mol. The lowest BCUT2D eigenvalue weighted by Crippen LogP contribution is -2.14. The van der Waals surface area contributed by atoms with Crippen LogP contribution in [-0.4, -0.2) is 30.5 Å². The molecule has 1 aliphatic carbocycles. The largest absolute Gasteiger partial charge is 0.309 e. The molecule has 0 N–H and O–H groups in total. The standard InChI is InChI=1S/C11H15N3S/c1-14(2)6-5-10-13-11(8-3-4-8)9(7-12)15-10/h8H,3-6H2,1-2H3. The van der Waals surface area contributed by atoms with Crippen molar-refractivity contribution in [2.45, 2.75) is 25.2 Å². The Balaban J connectivity index is 2.09. The first kappa shape index (κ1) is 10.6. The minimum absolute atomic E-state index is 0.587. The van der Waals surface area contributed by atoms with Gasteiger partial charge in [0, 0.05) is 18.9 Å². The summed E-state index contributed by atoms with van der Waals surface area (Å²) in [6.45, 7) is 1.00. The fourth-order valence-electron chi connectivity index (χ4n) is 1.52. The molecule has 1 aliphatic rings. The highest BCUT2D eigenvalue weighted by Crippen LogP contribution is 2.42. The molecule has 15 heavy (non-hydrogen) atoms. The van der Waals surface area contributed by atoms with E-state index in [0.717, 1.165) is 28.5 Å². The van der Waals surface area contributed by atoms with Crippen molar-refractivity contribution < 1.29 is 0 Å². The van der Waals surface area contributed by atoms with Gasteiger partial charge in [0.05, 0.1) is 10.7 Å². The van der Waals surface area contributed by atoms with E-state index in [9.17, 15) is 0 Å². The minimum Gasteiger partial charge on any atom is -0.309 e. The predicted octanol–water partition coefficient (Wildman–Crippen LogP) is 2.00. The van der Waals surface area contributed by atoms with E-state index in [1.165, 1.54) is 12.8 Å². The van der Waals surface area contributed by atoms with Crippen molar-refractivity contribution >= 4 is 11.3 Å². The summed E-state index contributed by atoms with van der Waals surface area (Å²) < 4.78 is 0. The number of aromatic nitrogens is 1. The van der Waals surface area contributed by atoms with E-state index in [1.54, 1.807) is 11.3 Å². The molecule has 0 radical (unpaired) electrons. The molecule has 1 aromatic rings. The first-order chi connectivity index (χ1) is 7.20. The third-order valence-electron chi connectivity index (χ3n) is 2.54. The van der Waals surface area contributed by atoms with Gasteiger partial charge in [-0.15, -0.1) is 11.3 Å². The maximum absolute atomic E-state index is 9.00. The molecule has 0 aliphatic heterocycles. The van der Waals surface area contributed by atoms with Gasteiger partial charge in [-0.25, -0.2) is 4.98 Å². The maximum atomic E-state index is 9.00. The SMILES string of the molecule is CN(C)CCc1nc(C2CC2)c(C#N)s1. The molecule has 80 valence electrons. The average molecular weight is 221 g/mol. The second-order valence-electron chi connectivity index (χ2n) is 4.26. The van der Waals surface area contributed by atoms with Gasteiger partial charge in [-0.2, -0.15) is 5.26 Å². The second kappa shape index (κ2) is 4.30. The van der Waals surface area contributed by atoms with Crippen LogP contribution in [0.1, 0.15) is 34.3 Å². The summed E-state index contributed by atoms with van der Waals surface area (Å²) in [5.74, 6) is 0.587. The molecule has 0 saturated heterocycles. The monoisotopic (exact) mass is 221 g/mol. The van der Waals surface area contributed by atoms with Gasteiger partial charge in [-0.3, -0.25) is 0 Å². The first-order valence-electron chi connectivity index (χ1n) is 5.25. The van der Waals surface area contributed by atoms with E-state index in [2.05, 4.69) is 30.0 Å². The highest BCUT2D eigenvalue weighted by Gasteiger charge is 2.29. The maximum Gasteiger partial charge on any atom is 0.128 e. The lowest BCUT2D eigenvalue weighted by molar-refractivity contribution is 0.413. The van der Waals surface area contributed by atoms with Crippen molar-refractivity contribution in [1.29, 1.82) is 5.26 Å². The Labute approximate surface area is 94.4 Å². The molecule has 2 rings (SSSR count). The van der Waals surface area contributed by atoms with Gasteiger partial charge in [-0.05, 0) is 26.9 Å². The summed E-state index contributed by atoms with van der Waals surface area (Å²) in [5, 5.41) is 10.1. The molecule has 0 spiro atoms. The Morgan fingerprint density at radius 2 is 2.27 bits per heavy atom. The Bertz CT molecular complexity index is 385. The van der Waals surface area contributed by atoms with Gasteiger partial charge in [0.2, 0.25) is 0 Å². The topological polar surface area (TPSA) is 39.9 Å². The van der Waals surface area contributed by atoms with Crippen molar-refractivity contribution in [3.63, 3.8) is 0 Å². The summed E-state index contributed by atoms with van der Waals surface area (Å²) in [5.41, 5.74) is 1.07. The lowest BCUT2D eigenvalue weighted by atomic mass is 10.2. The van der Waals surface area contributed by atoms with Crippen LogP contribution in [-0.2, 0) is 6.42 Å². The summed E-state index contributed by atoms with van der Waals surface area (Å²) in [6.07, 6.45) is 3.39. The van der Waals surface area contributed by atoms with Crippen LogP contribution in [0.2, 0.25) is 0 Å². The molecule has 1 aromatic heterocycles. The fourth-order valence-corrected chi connectivity index (χ4v) is 2.45. The van der Waals surface area contributed by atoms with Crippen LogP contribution in [0.3, 0.4) is 0 Å². The van der Waals surface area contributed by atoms with Crippen molar-refractivity contribution in [3.05, 3.63) is 15.6 Å². The van der Waals surface area contributed by atoms with Gasteiger partial charge >= 0.3 is 0 Å². The van der Waals surface area contributed by atoms with Crippen molar-refractivity contribution in [3.8, 4) is 6.07 Å². The Kier molecular flexibility index (Phi) is 3.03. The number of rotatable bonds is 4. The van der Waals surface area contributed by atoms with Gasteiger partial charge < -0.3 is 4.90 Å². The van der Waals surface area contributed by atoms with Crippen LogP contribution < -0.4 is 0 Å².